The van der Waals surface area contributed by atoms with Crippen molar-refractivity contribution in [2.24, 2.45) is 0 Å². The van der Waals surface area contributed by atoms with Gasteiger partial charge in [0.15, 0.2) is 0 Å². The molecule has 0 aromatic rings. The molecule has 0 amide bonds. The van der Waals surface area contributed by atoms with Gasteiger partial charge in [-0.3, -0.25) is 10.1 Å². The molecule has 1 aliphatic carbocycles. The Bertz CT molecular complexity index is 214. The summed E-state index contributed by atoms with van der Waals surface area (Å²) in [6, 6.07) is 0.543. The molecule has 0 heterocycles. The SMILES string of the molecule is CCCCC(CC)(NC1CC1)C(=O)OC. The second kappa shape index (κ2) is 5.50. The molecule has 0 bridgehead atoms. The third-order valence-corrected chi connectivity index (χ3v) is 3.19. The van der Waals surface area contributed by atoms with Crippen molar-refractivity contribution in [3.05, 3.63) is 0 Å². The molecule has 1 rings (SSSR count). The van der Waals surface area contributed by atoms with Gasteiger partial charge in [0.05, 0.1) is 7.11 Å². The molecule has 0 aliphatic heterocycles. The van der Waals surface area contributed by atoms with Crippen LogP contribution in [-0.4, -0.2) is 24.7 Å². The van der Waals surface area contributed by atoms with Crippen LogP contribution in [0.25, 0.3) is 0 Å². The lowest BCUT2D eigenvalue weighted by Crippen LogP contribution is -2.53. The van der Waals surface area contributed by atoms with Crippen LogP contribution in [-0.2, 0) is 9.53 Å². The number of hydrogen-bond acceptors (Lipinski definition) is 3. The number of nitrogens with one attached hydrogen (secondary N) is 1. The van der Waals surface area contributed by atoms with Crippen LogP contribution in [0.5, 0.6) is 0 Å². The number of carbonyl (C=O) groups is 1. The van der Waals surface area contributed by atoms with Crippen LogP contribution < -0.4 is 5.32 Å². The normalized spacial score (nSPS) is 19.7. The largest absolute Gasteiger partial charge is 0.468 e. The lowest BCUT2D eigenvalue weighted by atomic mass is 9.89. The minimum atomic E-state index is -0.425. The summed E-state index contributed by atoms with van der Waals surface area (Å²) in [4.78, 5) is 11.8. The Labute approximate surface area is 92.6 Å². The second-order valence-electron chi connectivity index (χ2n) is 4.45. The summed E-state index contributed by atoms with van der Waals surface area (Å²) in [6.45, 7) is 4.21. The maximum atomic E-state index is 11.8. The van der Waals surface area contributed by atoms with E-state index in [1.165, 1.54) is 20.0 Å². The second-order valence-corrected chi connectivity index (χ2v) is 4.45. The zero-order chi connectivity index (χ0) is 11.3. The zero-order valence-corrected chi connectivity index (χ0v) is 10.1. The summed E-state index contributed by atoms with van der Waals surface area (Å²) in [7, 11) is 1.48. The van der Waals surface area contributed by atoms with Crippen LogP contribution in [0.4, 0.5) is 0 Å². The van der Waals surface area contributed by atoms with Gasteiger partial charge in [-0.2, -0.15) is 0 Å². The summed E-state index contributed by atoms with van der Waals surface area (Å²) < 4.78 is 4.93. The third kappa shape index (κ3) is 3.20. The molecule has 1 atom stereocenters. The van der Waals surface area contributed by atoms with E-state index < -0.39 is 5.54 Å². The van der Waals surface area contributed by atoms with Gasteiger partial charge in [-0.1, -0.05) is 26.7 Å². The van der Waals surface area contributed by atoms with Crippen molar-refractivity contribution in [2.75, 3.05) is 7.11 Å². The Morgan fingerprint density at radius 2 is 2.13 bits per heavy atom. The predicted molar refractivity (Wildman–Crippen MR) is 60.7 cm³/mol. The molecule has 1 saturated carbocycles. The minimum absolute atomic E-state index is 0.0923. The Hall–Kier alpha value is -0.570. The van der Waals surface area contributed by atoms with Crippen molar-refractivity contribution in [1.82, 2.24) is 5.32 Å². The molecule has 1 N–H and O–H groups in total. The van der Waals surface area contributed by atoms with Gasteiger partial charge in [0.2, 0.25) is 0 Å². The number of rotatable bonds is 7. The summed E-state index contributed by atoms with van der Waals surface area (Å²) in [5.74, 6) is -0.0923. The molecule has 0 radical (unpaired) electrons. The van der Waals surface area contributed by atoms with E-state index in [4.69, 9.17) is 4.74 Å². The fourth-order valence-corrected chi connectivity index (χ4v) is 1.95. The van der Waals surface area contributed by atoms with Crippen LogP contribution in [0.15, 0.2) is 0 Å². The summed E-state index contributed by atoms with van der Waals surface area (Å²) in [5, 5.41) is 3.47. The Morgan fingerprint density at radius 1 is 1.47 bits per heavy atom. The Kier molecular flexibility index (Phi) is 4.58. The van der Waals surface area contributed by atoms with Gasteiger partial charge in [-0.15, -0.1) is 0 Å². The van der Waals surface area contributed by atoms with Crippen LogP contribution in [0.2, 0.25) is 0 Å². The highest BCUT2D eigenvalue weighted by Crippen LogP contribution is 2.28. The third-order valence-electron chi connectivity index (χ3n) is 3.19. The fraction of sp³-hybridized carbons (Fsp3) is 0.917. The lowest BCUT2D eigenvalue weighted by molar-refractivity contribution is -0.149. The highest BCUT2D eigenvalue weighted by Gasteiger charge is 2.41. The molecule has 0 saturated heterocycles. The first-order valence-electron chi connectivity index (χ1n) is 6.04. The summed E-state index contributed by atoms with van der Waals surface area (Å²) >= 11 is 0. The van der Waals surface area contributed by atoms with Crippen molar-refractivity contribution in [3.63, 3.8) is 0 Å². The van der Waals surface area contributed by atoms with E-state index >= 15 is 0 Å². The van der Waals surface area contributed by atoms with E-state index in [1.54, 1.807) is 0 Å². The van der Waals surface area contributed by atoms with E-state index in [9.17, 15) is 4.79 Å². The molecule has 88 valence electrons. The number of esters is 1. The van der Waals surface area contributed by atoms with Gasteiger partial charge in [0.25, 0.3) is 0 Å². The molecular weight excluding hydrogens is 190 g/mol. The van der Waals surface area contributed by atoms with Crippen LogP contribution in [0, 0.1) is 0 Å². The predicted octanol–water partition coefficient (Wildman–Crippen LogP) is 2.25. The summed E-state index contributed by atoms with van der Waals surface area (Å²) in [5.41, 5.74) is -0.425. The molecule has 0 aromatic carbocycles. The van der Waals surface area contributed by atoms with E-state index in [-0.39, 0.29) is 5.97 Å². The Morgan fingerprint density at radius 3 is 2.53 bits per heavy atom. The van der Waals surface area contributed by atoms with Gasteiger partial charge in [0.1, 0.15) is 5.54 Å². The molecule has 15 heavy (non-hydrogen) atoms. The maximum absolute atomic E-state index is 11.8. The number of hydrogen-bond donors (Lipinski definition) is 1. The zero-order valence-electron chi connectivity index (χ0n) is 10.1. The van der Waals surface area contributed by atoms with Crippen molar-refractivity contribution in [1.29, 1.82) is 0 Å². The molecule has 1 aliphatic rings. The van der Waals surface area contributed by atoms with Crippen LogP contribution >= 0.6 is 0 Å². The lowest BCUT2D eigenvalue weighted by Gasteiger charge is -2.31. The smallest absolute Gasteiger partial charge is 0.326 e. The topological polar surface area (TPSA) is 38.3 Å². The monoisotopic (exact) mass is 213 g/mol. The Balaban J connectivity index is 2.63. The average Bonchev–Trinajstić information content (AvgIpc) is 3.07. The molecule has 3 heteroatoms. The fourth-order valence-electron chi connectivity index (χ4n) is 1.95. The first kappa shape index (κ1) is 12.5. The number of ether oxygens (including phenoxy) is 1. The van der Waals surface area contributed by atoms with Gasteiger partial charge >= 0.3 is 5.97 Å². The number of carbonyl (C=O) groups excluding carboxylic acids is 1. The summed E-state index contributed by atoms with van der Waals surface area (Å²) in [6.07, 6.45) is 6.29. The van der Waals surface area contributed by atoms with E-state index in [1.807, 2.05) is 0 Å². The molecule has 1 unspecified atom stereocenters. The quantitative estimate of drug-likeness (QED) is 0.659. The minimum Gasteiger partial charge on any atom is -0.468 e. The molecule has 3 nitrogen and oxygen atoms in total. The van der Waals surface area contributed by atoms with Gasteiger partial charge in [-0.25, -0.2) is 0 Å². The van der Waals surface area contributed by atoms with Crippen molar-refractivity contribution in [2.45, 2.75) is 64.0 Å². The van der Waals surface area contributed by atoms with Crippen LogP contribution in [0.3, 0.4) is 0 Å². The number of methoxy groups -OCH3 is 1. The first-order chi connectivity index (χ1) is 7.18. The van der Waals surface area contributed by atoms with E-state index in [0.29, 0.717) is 6.04 Å². The molecular formula is C12H23NO2. The van der Waals surface area contributed by atoms with Gasteiger partial charge in [0, 0.05) is 6.04 Å². The molecule has 1 fully saturated rings. The van der Waals surface area contributed by atoms with E-state index in [0.717, 1.165) is 25.7 Å². The molecule has 0 spiro atoms. The van der Waals surface area contributed by atoms with E-state index in [2.05, 4.69) is 19.2 Å². The molecule has 0 aromatic heterocycles. The van der Waals surface area contributed by atoms with Crippen molar-refractivity contribution < 1.29 is 9.53 Å². The van der Waals surface area contributed by atoms with Gasteiger partial charge < -0.3 is 4.74 Å². The van der Waals surface area contributed by atoms with Crippen molar-refractivity contribution >= 4 is 5.97 Å². The highest BCUT2D eigenvalue weighted by atomic mass is 16.5. The first-order valence-corrected chi connectivity index (χ1v) is 6.04. The maximum Gasteiger partial charge on any atom is 0.326 e. The average molecular weight is 213 g/mol. The standard InChI is InChI=1S/C12H23NO2/c1-4-6-9-12(5-2,11(14)15-3)13-10-7-8-10/h10,13H,4-9H2,1-3H3. The highest BCUT2D eigenvalue weighted by molar-refractivity contribution is 5.80. The number of unbranched alkanes of at least 4 members (excludes halogenated alkanes) is 1. The van der Waals surface area contributed by atoms with Crippen molar-refractivity contribution in [3.8, 4) is 0 Å². The van der Waals surface area contributed by atoms with Gasteiger partial charge in [-0.05, 0) is 25.7 Å². The van der Waals surface area contributed by atoms with Crippen LogP contribution in [0.1, 0.15) is 52.4 Å².